The maximum Gasteiger partial charge on any atom is 0.199 e. The highest BCUT2D eigenvalue weighted by atomic mass is 16.7. The third kappa shape index (κ3) is 8.31. The first-order valence-corrected chi connectivity index (χ1v) is 12.2. The Morgan fingerprint density at radius 3 is 2.17 bits per heavy atom. The number of hydrogen-bond donors (Lipinski definition) is 0. The summed E-state index contributed by atoms with van der Waals surface area (Å²) in [5.74, 6) is 1.84. The summed E-state index contributed by atoms with van der Waals surface area (Å²) in [7, 11) is 0. The lowest BCUT2D eigenvalue weighted by Crippen LogP contribution is -2.26. The predicted molar refractivity (Wildman–Crippen MR) is 121 cm³/mol. The maximum atomic E-state index is 6.24. The summed E-state index contributed by atoms with van der Waals surface area (Å²) in [4.78, 5) is 0. The molecule has 30 heavy (non-hydrogen) atoms. The standard InChI is InChI=1S/C26H40O4/c1-2-3-4-5-6-7-8-9-14-22-21-23(29-25-15-10-12-19-27-25)17-18-24(22)30-26-16-11-13-20-28-26/h2,17-18,21,25-26H,1,3-16,19-20H2. The van der Waals surface area contributed by atoms with Crippen molar-refractivity contribution < 1.29 is 18.9 Å². The summed E-state index contributed by atoms with van der Waals surface area (Å²) < 4.78 is 23.9. The number of benzene rings is 1. The Hall–Kier alpha value is -1.52. The van der Waals surface area contributed by atoms with E-state index in [1.165, 1.54) is 56.9 Å². The molecule has 2 saturated heterocycles. The highest BCUT2D eigenvalue weighted by Gasteiger charge is 2.19. The van der Waals surface area contributed by atoms with Gasteiger partial charge in [0.25, 0.3) is 0 Å². The van der Waals surface area contributed by atoms with Crippen molar-refractivity contribution in [1.29, 1.82) is 0 Å². The van der Waals surface area contributed by atoms with Gasteiger partial charge in [-0.3, -0.25) is 0 Å². The molecule has 0 N–H and O–H groups in total. The van der Waals surface area contributed by atoms with E-state index in [1.54, 1.807) is 0 Å². The molecule has 0 spiro atoms. The van der Waals surface area contributed by atoms with Crippen molar-refractivity contribution in [2.24, 2.45) is 0 Å². The number of aryl methyl sites for hydroxylation is 1. The minimum absolute atomic E-state index is 0.115. The van der Waals surface area contributed by atoms with Crippen LogP contribution in [0.25, 0.3) is 0 Å². The Morgan fingerprint density at radius 2 is 1.50 bits per heavy atom. The molecule has 2 aliphatic rings. The van der Waals surface area contributed by atoms with Gasteiger partial charge in [0, 0.05) is 12.8 Å². The monoisotopic (exact) mass is 416 g/mol. The van der Waals surface area contributed by atoms with E-state index in [2.05, 4.69) is 18.7 Å². The first-order chi connectivity index (χ1) is 14.8. The Balaban J connectivity index is 1.53. The number of hydrogen-bond acceptors (Lipinski definition) is 4. The van der Waals surface area contributed by atoms with Gasteiger partial charge in [0.1, 0.15) is 11.5 Å². The third-order valence-electron chi connectivity index (χ3n) is 5.94. The molecule has 4 heteroatoms. The van der Waals surface area contributed by atoms with E-state index >= 15 is 0 Å². The molecule has 2 heterocycles. The van der Waals surface area contributed by atoms with Crippen molar-refractivity contribution in [3.63, 3.8) is 0 Å². The third-order valence-corrected chi connectivity index (χ3v) is 5.94. The fourth-order valence-corrected chi connectivity index (χ4v) is 4.15. The second kappa shape index (κ2) is 13.7. The van der Waals surface area contributed by atoms with Crippen LogP contribution in [0.5, 0.6) is 11.5 Å². The number of unbranched alkanes of at least 4 members (excludes halogenated alkanes) is 6. The van der Waals surface area contributed by atoms with Crippen molar-refractivity contribution in [3.8, 4) is 11.5 Å². The van der Waals surface area contributed by atoms with Crippen molar-refractivity contribution in [3.05, 3.63) is 36.4 Å². The predicted octanol–water partition coefficient (Wildman–Crippen LogP) is 6.96. The van der Waals surface area contributed by atoms with Gasteiger partial charge in [-0.05, 0) is 75.1 Å². The van der Waals surface area contributed by atoms with Crippen LogP contribution in [0.4, 0.5) is 0 Å². The number of rotatable bonds is 13. The topological polar surface area (TPSA) is 36.9 Å². The SMILES string of the molecule is C=CCCCCCCCCc1cc(OC2CCCCO2)ccc1OC1CCCCO1. The highest BCUT2D eigenvalue weighted by molar-refractivity contribution is 5.40. The summed E-state index contributed by atoms with van der Waals surface area (Å²) >= 11 is 0. The molecule has 2 aliphatic heterocycles. The quantitative estimate of drug-likeness (QED) is 0.257. The average molecular weight is 417 g/mol. The summed E-state index contributed by atoms with van der Waals surface area (Å²) in [5.41, 5.74) is 1.23. The number of allylic oxidation sites excluding steroid dienone is 1. The zero-order valence-electron chi connectivity index (χ0n) is 18.6. The van der Waals surface area contributed by atoms with Crippen LogP contribution in [0.2, 0.25) is 0 Å². The molecular formula is C26H40O4. The lowest BCUT2D eigenvalue weighted by Gasteiger charge is -2.26. The summed E-state index contributed by atoms with van der Waals surface area (Å²) in [6.07, 6.45) is 18.1. The van der Waals surface area contributed by atoms with Crippen LogP contribution in [0, 0.1) is 0 Å². The fraction of sp³-hybridized carbons (Fsp3) is 0.692. The molecule has 1 aromatic carbocycles. The van der Waals surface area contributed by atoms with E-state index in [4.69, 9.17) is 18.9 Å². The molecule has 0 radical (unpaired) electrons. The van der Waals surface area contributed by atoms with E-state index in [9.17, 15) is 0 Å². The van der Waals surface area contributed by atoms with Gasteiger partial charge < -0.3 is 18.9 Å². The Morgan fingerprint density at radius 1 is 0.833 bits per heavy atom. The Bertz CT molecular complexity index is 603. The zero-order chi connectivity index (χ0) is 20.9. The second-order valence-corrected chi connectivity index (χ2v) is 8.55. The van der Waals surface area contributed by atoms with E-state index in [0.29, 0.717) is 0 Å². The first-order valence-electron chi connectivity index (χ1n) is 12.2. The molecule has 0 aromatic heterocycles. The molecule has 2 atom stereocenters. The highest BCUT2D eigenvalue weighted by Crippen LogP contribution is 2.30. The zero-order valence-corrected chi connectivity index (χ0v) is 18.6. The molecule has 0 aliphatic carbocycles. The van der Waals surface area contributed by atoms with Gasteiger partial charge in [-0.1, -0.05) is 31.8 Å². The van der Waals surface area contributed by atoms with Crippen LogP contribution in [0.15, 0.2) is 30.9 Å². The van der Waals surface area contributed by atoms with E-state index in [0.717, 1.165) is 63.2 Å². The van der Waals surface area contributed by atoms with E-state index in [-0.39, 0.29) is 12.6 Å². The number of ether oxygens (including phenoxy) is 4. The Labute approximate surface area is 182 Å². The van der Waals surface area contributed by atoms with Crippen molar-refractivity contribution in [2.75, 3.05) is 13.2 Å². The van der Waals surface area contributed by atoms with Gasteiger partial charge in [-0.15, -0.1) is 6.58 Å². The summed E-state index contributed by atoms with van der Waals surface area (Å²) in [6, 6.07) is 6.22. The minimum Gasteiger partial charge on any atom is -0.465 e. The van der Waals surface area contributed by atoms with Gasteiger partial charge >= 0.3 is 0 Å². The molecule has 2 fully saturated rings. The van der Waals surface area contributed by atoms with Crippen LogP contribution in [0.3, 0.4) is 0 Å². The first kappa shape index (κ1) is 23.1. The van der Waals surface area contributed by atoms with Gasteiger partial charge in [-0.2, -0.15) is 0 Å². The molecule has 0 amide bonds. The van der Waals surface area contributed by atoms with E-state index < -0.39 is 0 Å². The Kier molecular flexibility index (Phi) is 10.6. The van der Waals surface area contributed by atoms with Gasteiger partial charge in [0.2, 0.25) is 0 Å². The van der Waals surface area contributed by atoms with Crippen LogP contribution >= 0.6 is 0 Å². The molecular weight excluding hydrogens is 376 g/mol. The molecule has 1 aromatic rings. The van der Waals surface area contributed by atoms with Gasteiger partial charge in [-0.25, -0.2) is 0 Å². The maximum absolute atomic E-state index is 6.24. The van der Waals surface area contributed by atoms with E-state index in [1.807, 2.05) is 12.1 Å². The van der Waals surface area contributed by atoms with Crippen molar-refractivity contribution >= 4 is 0 Å². The normalized spacial score (nSPS) is 21.9. The second-order valence-electron chi connectivity index (χ2n) is 8.55. The van der Waals surface area contributed by atoms with Gasteiger partial charge in [0.05, 0.1) is 13.2 Å². The fourth-order valence-electron chi connectivity index (χ4n) is 4.15. The molecule has 4 nitrogen and oxygen atoms in total. The molecule has 168 valence electrons. The van der Waals surface area contributed by atoms with Crippen LogP contribution in [-0.4, -0.2) is 25.8 Å². The molecule has 0 bridgehead atoms. The van der Waals surface area contributed by atoms with Crippen LogP contribution in [0.1, 0.15) is 89.0 Å². The smallest absolute Gasteiger partial charge is 0.199 e. The molecule has 3 rings (SSSR count). The van der Waals surface area contributed by atoms with Gasteiger partial charge in [0.15, 0.2) is 12.6 Å². The summed E-state index contributed by atoms with van der Waals surface area (Å²) in [5, 5.41) is 0. The minimum atomic E-state index is -0.115. The lowest BCUT2D eigenvalue weighted by molar-refractivity contribution is -0.108. The average Bonchev–Trinajstić information content (AvgIpc) is 2.78. The molecule has 0 saturated carbocycles. The van der Waals surface area contributed by atoms with Crippen molar-refractivity contribution in [1.82, 2.24) is 0 Å². The van der Waals surface area contributed by atoms with Crippen molar-refractivity contribution in [2.45, 2.75) is 102 Å². The van der Waals surface area contributed by atoms with Crippen LogP contribution in [-0.2, 0) is 15.9 Å². The molecule has 2 unspecified atom stereocenters. The lowest BCUT2D eigenvalue weighted by atomic mass is 10.0. The largest absolute Gasteiger partial charge is 0.465 e. The summed E-state index contributed by atoms with van der Waals surface area (Å²) in [6.45, 7) is 5.39. The van der Waals surface area contributed by atoms with Crippen LogP contribution < -0.4 is 9.47 Å².